The highest BCUT2D eigenvalue weighted by molar-refractivity contribution is 5.27. The molecule has 1 fully saturated rings. The van der Waals surface area contributed by atoms with Crippen molar-refractivity contribution in [2.24, 2.45) is 11.8 Å². The fourth-order valence-electron chi connectivity index (χ4n) is 3.70. The molecule has 2 nitrogen and oxygen atoms in total. The number of rotatable bonds is 10. The molecule has 0 unspecified atom stereocenters. The Balaban J connectivity index is 1.64. The second-order valence-electron chi connectivity index (χ2n) is 6.90. The summed E-state index contributed by atoms with van der Waals surface area (Å²) in [7, 11) is 0. The number of ether oxygens (including phenoxy) is 2. The van der Waals surface area contributed by atoms with Crippen LogP contribution in [0.5, 0.6) is 5.75 Å². The topological polar surface area (TPSA) is 18.5 Å². The molecule has 0 heterocycles. The van der Waals surface area contributed by atoms with Gasteiger partial charge in [0.15, 0.2) is 0 Å². The van der Waals surface area contributed by atoms with Crippen molar-refractivity contribution in [1.29, 1.82) is 0 Å². The zero-order valence-corrected chi connectivity index (χ0v) is 15.1. The maximum absolute atomic E-state index is 5.67. The number of aryl methyl sites for hydroxylation is 1. The van der Waals surface area contributed by atoms with Gasteiger partial charge in [0.05, 0.1) is 6.61 Å². The van der Waals surface area contributed by atoms with E-state index in [9.17, 15) is 0 Å². The molecule has 23 heavy (non-hydrogen) atoms. The zero-order valence-electron chi connectivity index (χ0n) is 15.1. The molecule has 0 aromatic heterocycles. The predicted molar refractivity (Wildman–Crippen MR) is 97.1 cm³/mol. The van der Waals surface area contributed by atoms with E-state index in [-0.39, 0.29) is 0 Å². The summed E-state index contributed by atoms with van der Waals surface area (Å²) in [6.45, 7) is 6.37. The summed E-state index contributed by atoms with van der Waals surface area (Å²) in [5.41, 5.74) is 1.44. The minimum absolute atomic E-state index is 0.633. The molecule has 0 amide bonds. The van der Waals surface area contributed by atoms with Crippen molar-refractivity contribution in [3.05, 3.63) is 29.8 Å². The van der Waals surface area contributed by atoms with E-state index in [1.807, 2.05) is 6.92 Å². The summed E-state index contributed by atoms with van der Waals surface area (Å²) >= 11 is 0. The zero-order chi connectivity index (χ0) is 16.3. The molecule has 1 aromatic rings. The van der Waals surface area contributed by atoms with Gasteiger partial charge < -0.3 is 9.47 Å². The highest BCUT2D eigenvalue weighted by atomic mass is 16.5. The van der Waals surface area contributed by atoms with E-state index in [4.69, 9.17) is 9.47 Å². The second kappa shape index (κ2) is 10.7. The van der Waals surface area contributed by atoms with Crippen LogP contribution in [0.2, 0.25) is 0 Å². The van der Waals surface area contributed by atoms with Gasteiger partial charge in [-0.25, -0.2) is 0 Å². The van der Waals surface area contributed by atoms with Gasteiger partial charge in [-0.15, -0.1) is 0 Å². The van der Waals surface area contributed by atoms with Gasteiger partial charge in [-0.3, -0.25) is 0 Å². The molecule has 0 saturated heterocycles. The van der Waals surface area contributed by atoms with E-state index >= 15 is 0 Å². The van der Waals surface area contributed by atoms with Gasteiger partial charge in [0, 0.05) is 6.61 Å². The van der Waals surface area contributed by atoms with Crippen LogP contribution in [0.1, 0.15) is 64.4 Å². The van der Waals surface area contributed by atoms with Crippen LogP contribution >= 0.6 is 0 Å². The van der Waals surface area contributed by atoms with E-state index < -0.39 is 0 Å². The van der Waals surface area contributed by atoms with E-state index in [2.05, 4.69) is 31.2 Å². The first-order valence-electron chi connectivity index (χ1n) is 9.61. The smallest absolute Gasteiger partial charge is 0.119 e. The van der Waals surface area contributed by atoms with Crippen molar-refractivity contribution in [1.82, 2.24) is 0 Å². The van der Waals surface area contributed by atoms with Crippen LogP contribution in [0, 0.1) is 11.8 Å². The summed E-state index contributed by atoms with van der Waals surface area (Å²) < 4.78 is 10.9. The number of benzene rings is 1. The van der Waals surface area contributed by atoms with Crippen molar-refractivity contribution < 1.29 is 9.47 Å². The van der Waals surface area contributed by atoms with Crippen molar-refractivity contribution >= 4 is 0 Å². The number of hydrogen-bond donors (Lipinski definition) is 0. The molecule has 0 aliphatic heterocycles. The molecule has 2 heteroatoms. The molecule has 0 bridgehead atoms. The van der Waals surface area contributed by atoms with Crippen LogP contribution < -0.4 is 4.74 Å². The third kappa shape index (κ3) is 6.95. The Morgan fingerprint density at radius 1 is 0.870 bits per heavy atom. The molecule has 0 radical (unpaired) electrons. The first-order valence-corrected chi connectivity index (χ1v) is 9.61. The van der Waals surface area contributed by atoms with Crippen LogP contribution in [0.4, 0.5) is 0 Å². The highest BCUT2D eigenvalue weighted by Crippen LogP contribution is 2.33. The fourth-order valence-corrected chi connectivity index (χ4v) is 3.70. The van der Waals surface area contributed by atoms with Gasteiger partial charge >= 0.3 is 0 Å². The molecule has 0 N–H and O–H groups in total. The van der Waals surface area contributed by atoms with Crippen molar-refractivity contribution in [3.8, 4) is 5.75 Å². The molecule has 1 saturated carbocycles. The fraction of sp³-hybridized carbons (Fsp3) is 0.714. The standard InChI is InChI=1S/C21H34O2/c1-3-5-18-6-8-19(9-7-18)10-11-20-12-14-21(15-13-20)23-17-16-22-4-2/h12-15,18-19H,3-11,16-17H2,1-2H3/t18-,19-. The lowest BCUT2D eigenvalue weighted by Gasteiger charge is -2.28. The minimum Gasteiger partial charge on any atom is -0.491 e. The molecule has 1 aliphatic carbocycles. The average molecular weight is 319 g/mol. The average Bonchev–Trinajstić information content (AvgIpc) is 2.59. The highest BCUT2D eigenvalue weighted by Gasteiger charge is 2.20. The summed E-state index contributed by atoms with van der Waals surface area (Å²) in [4.78, 5) is 0. The minimum atomic E-state index is 0.633. The first-order chi connectivity index (χ1) is 11.3. The third-order valence-corrected chi connectivity index (χ3v) is 5.13. The molecule has 2 rings (SSSR count). The Bertz CT molecular complexity index is 404. The quantitative estimate of drug-likeness (QED) is 0.520. The summed E-state index contributed by atoms with van der Waals surface area (Å²) in [5.74, 6) is 2.92. The molecule has 1 aliphatic rings. The Hall–Kier alpha value is -1.02. The molecular formula is C21H34O2. The molecule has 1 aromatic carbocycles. The Labute approximate surface area is 142 Å². The van der Waals surface area contributed by atoms with Crippen LogP contribution in [0.25, 0.3) is 0 Å². The lowest BCUT2D eigenvalue weighted by molar-refractivity contribution is 0.110. The van der Waals surface area contributed by atoms with Gasteiger partial charge in [0.25, 0.3) is 0 Å². The van der Waals surface area contributed by atoms with E-state index in [1.54, 1.807) is 0 Å². The van der Waals surface area contributed by atoms with Crippen molar-refractivity contribution in [2.45, 2.75) is 65.2 Å². The Morgan fingerprint density at radius 2 is 1.52 bits per heavy atom. The Morgan fingerprint density at radius 3 is 2.13 bits per heavy atom. The van der Waals surface area contributed by atoms with E-state index in [0.29, 0.717) is 13.2 Å². The van der Waals surface area contributed by atoms with Crippen molar-refractivity contribution in [2.75, 3.05) is 19.8 Å². The van der Waals surface area contributed by atoms with Crippen LogP contribution in [0.3, 0.4) is 0 Å². The maximum atomic E-state index is 5.67. The van der Waals surface area contributed by atoms with Gasteiger partial charge in [0.2, 0.25) is 0 Å². The van der Waals surface area contributed by atoms with E-state index in [1.165, 1.54) is 56.9 Å². The second-order valence-corrected chi connectivity index (χ2v) is 6.90. The van der Waals surface area contributed by atoms with Gasteiger partial charge in [-0.05, 0) is 49.3 Å². The van der Waals surface area contributed by atoms with Gasteiger partial charge in [-0.2, -0.15) is 0 Å². The SMILES string of the molecule is CCC[C@H]1CC[C@H](CCc2ccc(OCCOCC)cc2)CC1. The van der Waals surface area contributed by atoms with Crippen molar-refractivity contribution in [3.63, 3.8) is 0 Å². The Kier molecular flexibility index (Phi) is 8.52. The maximum Gasteiger partial charge on any atom is 0.119 e. The molecular weight excluding hydrogens is 284 g/mol. The summed E-state index contributed by atoms with van der Waals surface area (Å²) in [6, 6.07) is 8.64. The predicted octanol–water partition coefficient (Wildman–Crippen LogP) is 5.64. The lowest BCUT2D eigenvalue weighted by atomic mass is 9.78. The summed E-state index contributed by atoms with van der Waals surface area (Å²) in [5, 5.41) is 0. The van der Waals surface area contributed by atoms with Gasteiger partial charge in [0.1, 0.15) is 12.4 Å². The van der Waals surface area contributed by atoms with Crippen LogP contribution in [0.15, 0.2) is 24.3 Å². The molecule has 0 spiro atoms. The van der Waals surface area contributed by atoms with Gasteiger partial charge in [-0.1, -0.05) is 57.6 Å². The van der Waals surface area contributed by atoms with E-state index in [0.717, 1.165) is 24.2 Å². The molecule has 0 atom stereocenters. The third-order valence-electron chi connectivity index (χ3n) is 5.13. The van der Waals surface area contributed by atoms with Crippen LogP contribution in [-0.4, -0.2) is 19.8 Å². The molecule has 130 valence electrons. The number of hydrogen-bond acceptors (Lipinski definition) is 2. The lowest BCUT2D eigenvalue weighted by Crippen LogP contribution is -2.15. The summed E-state index contributed by atoms with van der Waals surface area (Å²) in [6.07, 6.45) is 11.2. The van der Waals surface area contributed by atoms with Crippen LogP contribution in [-0.2, 0) is 11.2 Å². The largest absolute Gasteiger partial charge is 0.491 e. The normalized spacial score (nSPS) is 21.3. The monoisotopic (exact) mass is 318 g/mol. The first kappa shape index (κ1) is 18.3.